The lowest BCUT2D eigenvalue weighted by atomic mass is 9.85. The number of fused-ring (bicyclic) bond motifs is 3. The number of ether oxygens (including phenoxy) is 6. The van der Waals surface area contributed by atoms with Gasteiger partial charge in [-0.3, -0.25) is 4.79 Å². The summed E-state index contributed by atoms with van der Waals surface area (Å²) >= 11 is 0. The molecule has 0 saturated carbocycles. The van der Waals surface area contributed by atoms with Crippen molar-refractivity contribution in [1.29, 1.82) is 0 Å². The normalized spacial score (nSPS) is 12.8. The van der Waals surface area contributed by atoms with E-state index < -0.39 is 0 Å². The van der Waals surface area contributed by atoms with Crippen LogP contribution in [0.25, 0.3) is 11.1 Å². The van der Waals surface area contributed by atoms with Crippen LogP contribution in [0.3, 0.4) is 0 Å². The number of aryl methyl sites for hydroxylation is 1. The number of rotatable bonds is 6. The van der Waals surface area contributed by atoms with Crippen molar-refractivity contribution >= 4 is 5.78 Å². The van der Waals surface area contributed by atoms with E-state index in [-0.39, 0.29) is 5.78 Å². The highest BCUT2D eigenvalue weighted by Crippen LogP contribution is 2.54. The molecule has 1 aliphatic carbocycles. The molecule has 0 radical (unpaired) electrons. The van der Waals surface area contributed by atoms with E-state index >= 15 is 0 Å². The van der Waals surface area contributed by atoms with Crippen molar-refractivity contribution in [3.63, 3.8) is 0 Å². The van der Waals surface area contributed by atoms with Crippen LogP contribution in [-0.4, -0.2) is 48.4 Å². The highest BCUT2D eigenvalue weighted by Gasteiger charge is 2.32. The number of carbonyl (C=O) groups is 1. The Hall–Kier alpha value is -3.09. The molecule has 29 heavy (non-hydrogen) atoms. The van der Waals surface area contributed by atoms with Crippen molar-refractivity contribution in [2.24, 2.45) is 0 Å². The third kappa shape index (κ3) is 3.30. The molecule has 0 atom stereocenters. The van der Waals surface area contributed by atoms with Gasteiger partial charge in [0.25, 0.3) is 0 Å². The monoisotopic (exact) mass is 402 g/mol. The zero-order valence-electron chi connectivity index (χ0n) is 17.6. The molecule has 7 heteroatoms. The molecule has 0 unspecified atom stereocenters. The number of carbonyl (C=O) groups excluding carboxylic acids is 1. The zero-order valence-corrected chi connectivity index (χ0v) is 17.6. The van der Waals surface area contributed by atoms with Crippen LogP contribution in [-0.2, 0) is 6.42 Å². The highest BCUT2D eigenvalue weighted by atomic mass is 16.5. The first-order chi connectivity index (χ1) is 14.1. The molecule has 7 nitrogen and oxygen atoms in total. The maximum atomic E-state index is 13.0. The second-order valence-electron chi connectivity index (χ2n) is 6.52. The second-order valence-corrected chi connectivity index (χ2v) is 6.52. The minimum Gasteiger partial charge on any atom is -0.493 e. The van der Waals surface area contributed by atoms with Crippen molar-refractivity contribution in [3.05, 3.63) is 23.3 Å². The molecule has 2 aromatic carbocycles. The fourth-order valence-corrected chi connectivity index (χ4v) is 3.88. The second kappa shape index (κ2) is 8.51. The number of Topliss-reactive ketones (excluding diaryl/α,β-unsaturated/α-hetero) is 1. The molecule has 0 heterocycles. The van der Waals surface area contributed by atoms with E-state index in [0.29, 0.717) is 64.9 Å². The van der Waals surface area contributed by atoms with Gasteiger partial charge in [0.2, 0.25) is 11.5 Å². The van der Waals surface area contributed by atoms with E-state index in [9.17, 15) is 4.79 Å². The molecule has 0 spiro atoms. The average Bonchev–Trinajstić information content (AvgIpc) is 2.75. The van der Waals surface area contributed by atoms with Gasteiger partial charge in [0, 0.05) is 23.1 Å². The maximum absolute atomic E-state index is 13.0. The van der Waals surface area contributed by atoms with Gasteiger partial charge in [-0.25, -0.2) is 0 Å². The average molecular weight is 402 g/mol. The lowest BCUT2D eigenvalue weighted by Crippen LogP contribution is -2.11. The fourth-order valence-electron chi connectivity index (χ4n) is 3.88. The Balaban J connectivity index is 2.53. The minimum absolute atomic E-state index is 0.00161. The summed E-state index contributed by atoms with van der Waals surface area (Å²) in [5.74, 6) is 2.73. The first-order valence-electron chi connectivity index (χ1n) is 9.24. The van der Waals surface area contributed by atoms with Crippen LogP contribution in [0.5, 0.6) is 34.5 Å². The molecule has 0 fully saturated rings. The molecule has 0 aliphatic heterocycles. The Bertz CT molecular complexity index is 934. The quantitative estimate of drug-likeness (QED) is 0.725. The lowest BCUT2D eigenvalue weighted by Gasteiger charge is -2.26. The molecule has 1 aliphatic rings. The summed E-state index contributed by atoms with van der Waals surface area (Å²) < 4.78 is 33.6. The van der Waals surface area contributed by atoms with E-state index in [1.165, 1.54) is 21.3 Å². The first kappa shape index (κ1) is 20.6. The molecule has 2 aromatic rings. The van der Waals surface area contributed by atoms with Crippen molar-refractivity contribution in [2.75, 3.05) is 42.7 Å². The summed E-state index contributed by atoms with van der Waals surface area (Å²) in [6, 6.07) is 3.62. The molecule has 0 amide bonds. The Morgan fingerprint density at radius 1 is 0.621 bits per heavy atom. The van der Waals surface area contributed by atoms with Gasteiger partial charge in [0.1, 0.15) is 0 Å². The summed E-state index contributed by atoms with van der Waals surface area (Å²) in [6.45, 7) is 0. The van der Waals surface area contributed by atoms with E-state index in [0.717, 1.165) is 11.1 Å². The zero-order chi connectivity index (χ0) is 21.1. The van der Waals surface area contributed by atoms with Gasteiger partial charge in [-0.1, -0.05) is 0 Å². The maximum Gasteiger partial charge on any atom is 0.203 e. The van der Waals surface area contributed by atoms with Crippen molar-refractivity contribution in [3.8, 4) is 45.6 Å². The Morgan fingerprint density at radius 3 is 1.66 bits per heavy atom. The third-order valence-corrected chi connectivity index (χ3v) is 5.14. The van der Waals surface area contributed by atoms with Gasteiger partial charge in [-0.15, -0.1) is 0 Å². The molecular formula is C22H26O7. The van der Waals surface area contributed by atoms with Crippen LogP contribution in [0.1, 0.15) is 28.8 Å². The SMILES string of the molecule is COc1cc2c(c(OC)c1OC)-c1c(cc(OC)c(OC)c1OC)C(=O)CCC2. The Kier molecular flexibility index (Phi) is 6.06. The highest BCUT2D eigenvalue weighted by molar-refractivity contribution is 6.07. The minimum atomic E-state index is 0.00161. The van der Waals surface area contributed by atoms with Crippen LogP contribution in [0.15, 0.2) is 12.1 Å². The van der Waals surface area contributed by atoms with E-state index in [4.69, 9.17) is 28.4 Å². The molecule has 0 aromatic heterocycles. The van der Waals surface area contributed by atoms with Crippen molar-refractivity contribution in [1.82, 2.24) is 0 Å². The smallest absolute Gasteiger partial charge is 0.203 e. The van der Waals surface area contributed by atoms with Crippen molar-refractivity contribution < 1.29 is 33.2 Å². The van der Waals surface area contributed by atoms with Crippen LogP contribution in [0.2, 0.25) is 0 Å². The van der Waals surface area contributed by atoms with Gasteiger partial charge in [-0.2, -0.15) is 0 Å². The standard InChI is InChI=1S/C22H26O7/c1-24-15-10-12-8-7-9-14(23)13-11-16(25-2)20(27-4)22(29-6)18(13)17(12)21(28-5)19(15)26-3/h10-11H,7-9H2,1-6H3. The first-order valence-corrected chi connectivity index (χ1v) is 9.24. The summed E-state index contributed by atoms with van der Waals surface area (Å²) in [5.41, 5.74) is 2.79. The molecular weight excluding hydrogens is 376 g/mol. The summed E-state index contributed by atoms with van der Waals surface area (Å²) in [5, 5.41) is 0. The summed E-state index contributed by atoms with van der Waals surface area (Å²) in [6.07, 6.45) is 1.77. The number of benzene rings is 2. The molecule has 3 rings (SSSR count). The predicted octanol–water partition coefficient (Wildman–Crippen LogP) is 3.92. The van der Waals surface area contributed by atoms with Gasteiger partial charge in [-0.05, 0) is 30.5 Å². The van der Waals surface area contributed by atoms with Gasteiger partial charge >= 0.3 is 0 Å². The van der Waals surface area contributed by atoms with Crippen molar-refractivity contribution in [2.45, 2.75) is 19.3 Å². The predicted molar refractivity (Wildman–Crippen MR) is 108 cm³/mol. The molecule has 0 N–H and O–H groups in total. The largest absolute Gasteiger partial charge is 0.493 e. The molecule has 0 bridgehead atoms. The van der Waals surface area contributed by atoms with E-state index in [1.807, 2.05) is 6.07 Å². The third-order valence-electron chi connectivity index (χ3n) is 5.14. The van der Waals surface area contributed by atoms with Crippen LogP contribution in [0, 0.1) is 0 Å². The van der Waals surface area contributed by atoms with Gasteiger partial charge in [0.05, 0.1) is 42.7 Å². The summed E-state index contributed by atoms with van der Waals surface area (Å²) in [4.78, 5) is 13.0. The van der Waals surface area contributed by atoms with Crippen LogP contribution in [0.4, 0.5) is 0 Å². The topological polar surface area (TPSA) is 72.5 Å². The number of ketones is 1. The fraction of sp³-hybridized carbons (Fsp3) is 0.409. The molecule has 0 saturated heterocycles. The van der Waals surface area contributed by atoms with Crippen LogP contribution < -0.4 is 28.4 Å². The van der Waals surface area contributed by atoms with Gasteiger partial charge < -0.3 is 28.4 Å². The van der Waals surface area contributed by atoms with E-state index in [2.05, 4.69) is 0 Å². The lowest BCUT2D eigenvalue weighted by molar-refractivity contribution is 0.0979. The van der Waals surface area contributed by atoms with Gasteiger partial charge in [0.15, 0.2) is 28.8 Å². The summed E-state index contributed by atoms with van der Waals surface area (Å²) in [7, 11) is 9.29. The Morgan fingerprint density at radius 2 is 1.14 bits per heavy atom. The Labute approximate surface area is 170 Å². The number of methoxy groups -OCH3 is 6. The molecule has 156 valence electrons. The van der Waals surface area contributed by atoms with E-state index in [1.54, 1.807) is 27.4 Å². The number of hydrogen-bond acceptors (Lipinski definition) is 7. The number of hydrogen-bond donors (Lipinski definition) is 0. The van der Waals surface area contributed by atoms with Crippen LogP contribution >= 0.6 is 0 Å².